The summed E-state index contributed by atoms with van der Waals surface area (Å²) in [6, 6.07) is 7.91. The largest absolute Gasteiger partial charge is 0.356 e. The topological polar surface area (TPSA) is 79.6 Å². The Balaban J connectivity index is 1.58. The van der Waals surface area contributed by atoms with Gasteiger partial charge in [0.2, 0.25) is 6.41 Å². The first-order valence-electron chi connectivity index (χ1n) is 11.9. The quantitative estimate of drug-likeness (QED) is 0.467. The second-order valence-electron chi connectivity index (χ2n) is 10.5. The Bertz CT molecular complexity index is 1030. The van der Waals surface area contributed by atoms with Gasteiger partial charge in [-0.15, -0.1) is 0 Å². The zero-order valence-corrected chi connectivity index (χ0v) is 22.7. The first-order chi connectivity index (χ1) is 16.0. The van der Waals surface area contributed by atoms with Crippen molar-refractivity contribution in [2.24, 2.45) is 0 Å². The lowest BCUT2D eigenvalue weighted by atomic mass is 9.89. The summed E-state index contributed by atoms with van der Waals surface area (Å²) in [5, 5.41) is 14.1. The van der Waals surface area contributed by atoms with Crippen LogP contribution >= 0.6 is 27.5 Å². The van der Waals surface area contributed by atoms with Gasteiger partial charge in [-0.3, -0.25) is 10.1 Å². The first kappa shape index (κ1) is 25.6. The van der Waals surface area contributed by atoms with Crippen LogP contribution in [0.15, 0.2) is 29.0 Å². The Hall–Kier alpha value is -1.45. The number of aliphatic hydroxyl groups is 1. The van der Waals surface area contributed by atoms with Crippen molar-refractivity contribution in [3.63, 3.8) is 0 Å². The summed E-state index contributed by atoms with van der Waals surface area (Å²) < 4.78 is 8.39. The Morgan fingerprint density at radius 3 is 2.35 bits per heavy atom. The summed E-state index contributed by atoms with van der Waals surface area (Å²) in [6.45, 7) is 9.94. The highest BCUT2D eigenvalue weighted by molar-refractivity contribution is 9.10. The molecule has 0 spiro atoms. The van der Waals surface area contributed by atoms with Crippen LogP contribution in [-0.4, -0.2) is 49.6 Å². The van der Waals surface area contributed by atoms with E-state index >= 15 is 0 Å². The van der Waals surface area contributed by atoms with Crippen molar-refractivity contribution >= 4 is 33.4 Å². The van der Waals surface area contributed by atoms with Gasteiger partial charge in [0, 0.05) is 23.1 Å². The molecular weight excluding hydrogens is 520 g/mol. The number of amides is 1. The molecule has 1 saturated carbocycles. The van der Waals surface area contributed by atoms with Crippen molar-refractivity contribution in [2.45, 2.75) is 96.5 Å². The summed E-state index contributed by atoms with van der Waals surface area (Å²) in [7, 11) is 0. The highest BCUT2D eigenvalue weighted by Crippen LogP contribution is 2.44. The van der Waals surface area contributed by atoms with Crippen molar-refractivity contribution in [3.05, 3.63) is 51.0 Å². The molecule has 186 valence electrons. The SMILES string of the molecule is CC(C)n1c(Br)nc2c1C(c1ccc(Cl)cc1)N(C1CCC(NC(O)OC(C)(C)C)CC1)C2=O. The Morgan fingerprint density at radius 1 is 1.18 bits per heavy atom. The molecule has 1 fully saturated rings. The number of fused-ring (bicyclic) bond motifs is 1. The van der Waals surface area contributed by atoms with Gasteiger partial charge >= 0.3 is 0 Å². The molecule has 1 amide bonds. The Morgan fingerprint density at radius 2 is 1.79 bits per heavy atom. The van der Waals surface area contributed by atoms with Crippen LogP contribution in [0.1, 0.15) is 94.1 Å². The minimum absolute atomic E-state index is 0.0254. The minimum atomic E-state index is -1.01. The van der Waals surface area contributed by atoms with E-state index in [-0.39, 0.29) is 30.1 Å². The van der Waals surface area contributed by atoms with Crippen molar-refractivity contribution < 1.29 is 14.6 Å². The maximum Gasteiger partial charge on any atom is 0.275 e. The average Bonchev–Trinajstić information content (AvgIpc) is 3.21. The number of hydrogen-bond acceptors (Lipinski definition) is 5. The van der Waals surface area contributed by atoms with E-state index in [9.17, 15) is 9.90 Å². The summed E-state index contributed by atoms with van der Waals surface area (Å²) in [5.41, 5.74) is 2.05. The molecule has 2 aliphatic rings. The third-order valence-corrected chi connectivity index (χ3v) is 7.33. The number of nitrogens with zero attached hydrogens (tertiary/aromatic N) is 3. The number of imidazole rings is 1. The molecule has 2 N–H and O–H groups in total. The fraction of sp³-hybridized carbons (Fsp3) is 0.600. The molecule has 2 heterocycles. The number of carbonyl (C=O) groups excluding carboxylic acids is 1. The fourth-order valence-electron chi connectivity index (χ4n) is 5.13. The molecule has 2 atom stereocenters. The van der Waals surface area contributed by atoms with Gasteiger partial charge < -0.3 is 19.3 Å². The zero-order chi connectivity index (χ0) is 24.8. The molecule has 7 nitrogen and oxygen atoms in total. The summed E-state index contributed by atoms with van der Waals surface area (Å²) >= 11 is 9.74. The second kappa shape index (κ2) is 9.90. The number of benzene rings is 1. The maximum atomic E-state index is 13.7. The Labute approximate surface area is 215 Å². The molecule has 0 bridgehead atoms. The van der Waals surface area contributed by atoms with Crippen molar-refractivity contribution in [2.75, 3.05) is 0 Å². The fourth-order valence-corrected chi connectivity index (χ4v) is 6.03. The van der Waals surface area contributed by atoms with Gasteiger partial charge in [0.25, 0.3) is 5.91 Å². The molecule has 0 saturated heterocycles. The van der Waals surface area contributed by atoms with Gasteiger partial charge in [0.05, 0.1) is 11.3 Å². The van der Waals surface area contributed by atoms with Crippen molar-refractivity contribution in [1.29, 1.82) is 0 Å². The normalized spacial score (nSPS) is 24.1. The highest BCUT2D eigenvalue weighted by atomic mass is 79.9. The smallest absolute Gasteiger partial charge is 0.275 e. The maximum absolute atomic E-state index is 13.7. The molecule has 2 unspecified atom stereocenters. The first-order valence-corrected chi connectivity index (χ1v) is 13.1. The molecule has 1 aromatic carbocycles. The van der Waals surface area contributed by atoms with E-state index in [1.54, 1.807) is 0 Å². The lowest BCUT2D eigenvalue weighted by Crippen LogP contribution is -2.48. The van der Waals surface area contributed by atoms with E-state index < -0.39 is 12.0 Å². The number of aliphatic hydroxyl groups excluding tert-OH is 1. The van der Waals surface area contributed by atoms with Crippen LogP contribution in [0.2, 0.25) is 5.02 Å². The number of nitrogens with one attached hydrogen (secondary N) is 1. The zero-order valence-electron chi connectivity index (χ0n) is 20.4. The minimum Gasteiger partial charge on any atom is -0.356 e. The van der Waals surface area contributed by atoms with Crippen LogP contribution in [0, 0.1) is 0 Å². The Kier molecular flexibility index (Phi) is 7.46. The van der Waals surface area contributed by atoms with E-state index in [4.69, 9.17) is 16.3 Å². The predicted octanol–water partition coefficient (Wildman–Crippen LogP) is 5.42. The van der Waals surface area contributed by atoms with Crippen molar-refractivity contribution in [1.82, 2.24) is 19.8 Å². The standard InChI is InChI=1S/C25H34BrClN4O3/c1-14(2)30-21-19(29-23(30)26)22(32)31(20(21)15-6-8-16(27)9-7-15)18-12-10-17(11-13-18)28-24(33)34-25(3,4)5/h6-9,14,17-18,20,24,28,33H,10-13H2,1-5H3. The summed E-state index contributed by atoms with van der Waals surface area (Å²) in [6.07, 6.45) is 2.36. The van der Waals surface area contributed by atoms with Crippen LogP contribution in [0.4, 0.5) is 0 Å². The molecule has 4 rings (SSSR count). The van der Waals surface area contributed by atoms with E-state index in [1.807, 2.05) is 49.9 Å². The molecule has 1 aliphatic carbocycles. The van der Waals surface area contributed by atoms with E-state index in [1.165, 1.54) is 0 Å². The number of ether oxygens (including phenoxy) is 1. The molecule has 1 aliphatic heterocycles. The second-order valence-corrected chi connectivity index (χ2v) is 11.6. The molecule has 9 heteroatoms. The van der Waals surface area contributed by atoms with E-state index in [0.29, 0.717) is 15.5 Å². The monoisotopic (exact) mass is 552 g/mol. The van der Waals surface area contributed by atoms with E-state index in [2.05, 4.69) is 44.6 Å². The molecule has 1 aromatic heterocycles. The van der Waals surface area contributed by atoms with E-state index in [0.717, 1.165) is 36.9 Å². The predicted molar refractivity (Wildman–Crippen MR) is 136 cm³/mol. The van der Waals surface area contributed by atoms with Crippen molar-refractivity contribution in [3.8, 4) is 0 Å². The van der Waals surface area contributed by atoms with Crippen LogP contribution in [-0.2, 0) is 4.74 Å². The lowest BCUT2D eigenvalue weighted by molar-refractivity contribution is -0.186. The molecule has 0 radical (unpaired) electrons. The van der Waals surface area contributed by atoms with Gasteiger partial charge in [0.1, 0.15) is 6.04 Å². The molecular formula is C25H34BrClN4O3. The third kappa shape index (κ3) is 5.21. The number of carbonyl (C=O) groups is 1. The number of aromatic nitrogens is 2. The summed E-state index contributed by atoms with van der Waals surface area (Å²) in [4.78, 5) is 20.3. The van der Waals surface area contributed by atoms with Gasteiger partial charge in [0.15, 0.2) is 10.4 Å². The molecule has 2 aromatic rings. The number of halogens is 2. The van der Waals surface area contributed by atoms with Gasteiger partial charge in [-0.2, -0.15) is 0 Å². The van der Waals surface area contributed by atoms with Crippen LogP contribution in [0.25, 0.3) is 0 Å². The lowest BCUT2D eigenvalue weighted by Gasteiger charge is -2.39. The number of rotatable bonds is 6. The van der Waals surface area contributed by atoms with Crippen LogP contribution < -0.4 is 5.32 Å². The number of hydrogen-bond donors (Lipinski definition) is 2. The average molecular weight is 554 g/mol. The van der Waals surface area contributed by atoms with Gasteiger partial charge in [-0.1, -0.05) is 23.7 Å². The third-order valence-electron chi connectivity index (χ3n) is 6.51. The van der Waals surface area contributed by atoms with Gasteiger partial charge in [-0.05, 0) is 93.9 Å². The van der Waals surface area contributed by atoms with Crippen LogP contribution in [0.5, 0.6) is 0 Å². The molecule has 34 heavy (non-hydrogen) atoms. The highest BCUT2D eigenvalue weighted by Gasteiger charge is 2.47. The van der Waals surface area contributed by atoms with Gasteiger partial charge in [-0.25, -0.2) is 4.98 Å². The summed E-state index contributed by atoms with van der Waals surface area (Å²) in [5.74, 6) is -0.0254. The van der Waals surface area contributed by atoms with Crippen LogP contribution in [0.3, 0.4) is 0 Å².